The van der Waals surface area contributed by atoms with Gasteiger partial charge in [0.05, 0.1) is 0 Å². The van der Waals surface area contributed by atoms with Gasteiger partial charge in [-0.3, -0.25) is 0 Å². The Morgan fingerprint density at radius 2 is 0.680 bits per heavy atom. The molecule has 0 saturated carbocycles. The third-order valence-corrected chi connectivity index (χ3v) is 2.74. The average molecular weight is 346 g/mol. The average Bonchev–Trinajstić information content (AvgIpc) is 2.59. The number of hydrogen-bond acceptors (Lipinski definition) is 7. The van der Waals surface area contributed by atoms with Crippen LogP contribution in [-0.4, -0.2) is 35.7 Å². The van der Waals surface area contributed by atoms with Crippen molar-refractivity contribution < 1.29 is 35.7 Å². The Kier molecular flexibility index (Phi) is 7.27. The van der Waals surface area contributed by atoms with E-state index in [9.17, 15) is 0 Å². The summed E-state index contributed by atoms with van der Waals surface area (Å²) in [5, 5.41) is 60.8. The quantitative estimate of drug-likeness (QED) is 0.310. The van der Waals surface area contributed by atoms with Gasteiger partial charge in [0.25, 0.3) is 0 Å². The van der Waals surface area contributed by atoms with Gasteiger partial charge in [0.1, 0.15) is 5.75 Å². The van der Waals surface area contributed by atoms with Crippen LogP contribution in [0.5, 0.6) is 40.2 Å². The number of hydrogen-bond donors (Lipinski definition) is 7. The van der Waals surface area contributed by atoms with E-state index in [1.54, 1.807) is 24.3 Å². The van der Waals surface area contributed by atoms with Crippen molar-refractivity contribution in [2.24, 2.45) is 0 Å². The SMILES string of the molecule is Oc1cccc(O)c1O.Oc1cccc(O)c1O.Oc1ccccc1. The van der Waals surface area contributed by atoms with Crippen LogP contribution in [0.15, 0.2) is 66.7 Å². The predicted molar refractivity (Wildman–Crippen MR) is 91.0 cm³/mol. The molecule has 0 fully saturated rings. The van der Waals surface area contributed by atoms with E-state index in [1.165, 1.54) is 36.4 Å². The molecule has 3 rings (SSSR count). The molecule has 0 bridgehead atoms. The lowest BCUT2D eigenvalue weighted by Gasteiger charge is -1.96. The third kappa shape index (κ3) is 6.49. The zero-order valence-electron chi connectivity index (χ0n) is 13.0. The van der Waals surface area contributed by atoms with Gasteiger partial charge in [0.2, 0.25) is 0 Å². The normalized spacial score (nSPS) is 9.12. The summed E-state index contributed by atoms with van der Waals surface area (Å²) in [5.41, 5.74) is 0. The molecule has 3 aromatic carbocycles. The highest BCUT2D eigenvalue weighted by atomic mass is 16.3. The molecule has 0 radical (unpaired) electrons. The van der Waals surface area contributed by atoms with E-state index in [0.29, 0.717) is 5.75 Å². The molecule has 0 saturated heterocycles. The fraction of sp³-hybridized carbons (Fsp3) is 0. The van der Waals surface area contributed by atoms with Crippen molar-refractivity contribution in [3.63, 3.8) is 0 Å². The Hall–Kier alpha value is -3.74. The van der Waals surface area contributed by atoms with Crippen LogP contribution in [0.1, 0.15) is 0 Å². The van der Waals surface area contributed by atoms with E-state index in [1.807, 2.05) is 6.07 Å². The van der Waals surface area contributed by atoms with Gasteiger partial charge in [-0.1, -0.05) is 30.3 Å². The van der Waals surface area contributed by atoms with Crippen molar-refractivity contribution in [1.29, 1.82) is 0 Å². The summed E-state index contributed by atoms with van der Waals surface area (Å²) in [7, 11) is 0. The number of phenolic OH excluding ortho intramolecular Hbond substituents is 7. The number of aromatic hydroxyl groups is 7. The van der Waals surface area contributed by atoms with Crippen molar-refractivity contribution in [3.8, 4) is 40.2 Å². The van der Waals surface area contributed by atoms with Crippen LogP contribution < -0.4 is 0 Å². The number of benzene rings is 3. The van der Waals surface area contributed by atoms with Crippen molar-refractivity contribution in [3.05, 3.63) is 66.7 Å². The first-order valence-corrected chi connectivity index (χ1v) is 6.96. The van der Waals surface area contributed by atoms with Gasteiger partial charge in [-0.15, -0.1) is 0 Å². The Bertz CT molecular complexity index is 699. The maximum absolute atomic E-state index is 8.71. The molecule has 7 nitrogen and oxygen atoms in total. The van der Waals surface area contributed by atoms with Crippen LogP contribution in [-0.2, 0) is 0 Å². The van der Waals surface area contributed by atoms with E-state index in [2.05, 4.69) is 0 Å². The molecular weight excluding hydrogens is 328 g/mol. The zero-order valence-corrected chi connectivity index (χ0v) is 13.0. The van der Waals surface area contributed by atoms with Gasteiger partial charge in [-0.05, 0) is 36.4 Å². The lowest BCUT2D eigenvalue weighted by atomic mass is 10.3. The van der Waals surface area contributed by atoms with E-state index in [4.69, 9.17) is 35.7 Å². The molecular formula is C18H18O7. The molecule has 0 aliphatic carbocycles. The smallest absolute Gasteiger partial charge is 0.200 e. The first-order chi connectivity index (χ1) is 11.8. The fourth-order valence-electron chi connectivity index (χ4n) is 1.47. The summed E-state index contributed by atoms with van der Waals surface area (Å²) in [6.07, 6.45) is 0. The molecule has 132 valence electrons. The highest BCUT2D eigenvalue weighted by Gasteiger charge is 2.01. The maximum atomic E-state index is 8.71. The zero-order chi connectivity index (χ0) is 18.8. The van der Waals surface area contributed by atoms with E-state index in [-0.39, 0.29) is 23.0 Å². The van der Waals surface area contributed by atoms with Crippen molar-refractivity contribution in [1.82, 2.24) is 0 Å². The first kappa shape index (κ1) is 19.3. The van der Waals surface area contributed by atoms with Crippen molar-refractivity contribution >= 4 is 0 Å². The van der Waals surface area contributed by atoms with Crippen LogP contribution in [0.4, 0.5) is 0 Å². The summed E-state index contributed by atoms with van der Waals surface area (Å²) < 4.78 is 0. The minimum atomic E-state index is -0.475. The van der Waals surface area contributed by atoms with Crippen LogP contribution >= 0.6 is 0 Å². The topological polar surface area (TPSA) is 142 Å². The van der Waals surface area contributed by atoms with Crippen LogP contribution in [0.3, 0.4) is 0 Å². The van der Waals surface area contributed by atoms with Gasteiger partial charge in [-0.25, -0.2) is 0 Å². The van der Waals surface area contributed by atoms with Crippen LogP contribution in [0.25, 0.3) is 0 Å². The molecule has 0 aliphatic rings. The predicted octanol–water partition coefficient (Wildman–Crippen LogP) is 3.00. The van der Waals surface area contributed by atoms with Gasteiger partial charge in [0, 0.05) is 0 Å². The standard InChI is InChI=1S/2C6H6O3.C6H6O/c2*7-4-2-1-3-5(8)6(4)9;7-6-4-2-1-3-5-6/h2*1-3,7-9H;1-5,7H. The summed E-state index contributed by atoms with van der Waals surface area (Å²) in [6, 6.07) is 16.7. The van der Waals surface area contributed by atoms with Gasteiger partial charge < -0.3 is 35.7 Å². The number of rotatable bonds is 0. The molecule has 0 amide bonds. The Labute approximate surface area is 143 Å². The van der Waals surface area contributed by atoms with Crippen molar-refractivity contribution in [2.45, 2.75) is 0 Å². The minimum absolute atomic E-state index is 0.310. The maximum Gasteiger partial charge on any atom is 0.200 e. The van der Waals surface area contributed by atoms with E-state index >= 15 is 0 Å². The monoisotopic (exact) mass is 346 g/mol. The largest absolute Gasteiger partial charge is 0.508 e. The Morgan fingerprint density at radius 3 is 0.880 bits per heavy atom. The summed E-state index contributed by atoms with van der Waals surface area (Å²) >= 11 is 0. The van der Waals surface area contributed by atoms with E-state index in [0.717, 1.165) is 0 Å². The summed E-state index contributed by atoms with van der Waals surface area (Å²) in [4.78, 5) is 0. The second-order valence-corrected chi connectivity index (χ2v) is 4.63. The summed E-state index contributed by atoms with van der Waals surface area (Å²) in [5.74, 6) is -1.87. The molecule has 0 spiro atoms. The molecule has 0 atom stereocenters. The fourth-order valence-corrected chi connectivity index (χ4v) is 1.47. The third-order valence-electron chi connectivity index (χ3n) is 2.74. The first-order valence-electron chi connectivity index (χ1n) is 6.96. The molecule has 0 unspecified atom stereocenters. The lowest BCUT2D eigenvalue weighted by molar-refractivity contribution is 0.368. The second kappa shape index (κ2) is 9.41. The molecule has 0 heterocycles. The molecule has 7 heteroatoms. The van der Waals surface area contributed by atoms with Gasteiger partial charge in [-0.2, -0.15) is 0 Å². The highest BCUT2D eigenvalue weighted by Crippen LogP contribution is 2.33. The van der Waals surface area contributed by atoms with Gasteiger partial charge >= 0.3 is 0 Å². The second-order valence-electron chi connectivity index (χ2n) is 4.63. The molecule has 0 aromatic heterocycles. The summed E-state index contributed by atoms with van der Waals surface area (Å²) in [6.45, 7) is 0. The minimum Gasteiger partial charge on any atom is -0.508 e. The number of phenols is 7. The van der Waals surface area contributed by atoms with Crippen LogP contribution in [0.2, 0.25) is 0 Å². The van der Waals surface area contributed by atoms with Crippen molar-refractivity contribution in [2.75, 3.05) is 0 Å². The Morgan fingerprint density at radius 1 is 0.360 bits per heavy atom. The molecule has 25 heavy (non-hydrogen) atoms. The lowest BCUT2D eigenvalue weighted by Crippen LogP contribution is -1.67. The molecule has 7 N–H and O–H groups in total. The highest BCUT2D eigenvalue weighted by molar-refractivity contribution is 5.48. The number of para-hydroxylation sites is 3. The van der Waals surface area contributed by atoms with Crippen LogP contribution in [0, 0.1) is 0 Å². The molecule has 3 aromatic rings. The van der Waals surface area contributed by atoms with Gasteiger partial charge in [0.15, 0.2) is 34.5 Å². The van der Waals surface area contributed by atoms with E-state index < -0.39 is 11.5 Å². The Balaban J connectivity index is 0.000000189. The molecule has 0 aliphatic heterocycles.